The molecule has 3 aliphatic heterocycles. The Hall–Kier alpha value is -3.05. The second-order valence-corrected chi connectivity index (χ2v) is 8.76. The summed E-state index contributed by atoms with van der Waals surface area (Å²) >= 11 is 1.30. The minimum absolute atomic E-state index is 0.0201. The summed E-state index contributed by atoms with van der Waals surface area (Å²) in [6, 6.07) is 9.56. The van der Waals surface area contributed by atoms with Crippen LogP contribution < -0.4 is 15.8 Å². The van der Waals surface area contributed by atoms with Gasteiger partial charge in [-0.1, -0.05) is 11.8 Å². The maximum atomic E-state index is 13.1. The highest BCUT2D eigenvalue weighted by molar-refractivity contribution is 8.14. The number of carbonyl (C=O) groups excluding carboxylic acids is 2. The molecule has 0 saturated carbocycles. The molecule has 3 aliphatic rings. The molecule has 32 heavy (non-hydrogen) atoms. The number of fused-ring (bicyclic) bond motifs is 1. The van der Waals surface area contributed by atoms with Crippen LogP contribution in [0.5, 0.6) is 0 Å². The van der Waals surface area contributed by atoms with Crippen LogP contribution in [0.15, 0.2) is 52.2 Å². The van der Waals surface area contributed by atoms with E-state index in [0.717, 1.165) is 11.4 Å². The van der Waals surface area contributed by atoms with E-state index in [1.54, 1.807) is 23.4 Å². The lowest BCUT2D eigenvalue weighted by atomic mass is 10.1. The smallest absolute Gasteiger partial charge is 0.264 e. The van der Waals surface area contributed by atoms with Gasteiger partial charge in [-0.3, -0.25) is 14.6 Å². The molecule has 0 spiro atoms. The number of nitrogens with zero attached hydrogens (tertiary/aromatic N) is 4. The average molecular weight is 459 g/mol. The molecule has 1 aromatic carbocycles. The second kappa shape index (κ2) is 8.83. The molecule has 2 unspecified atom stereocenters. The highest BCUT2D eigenvalue weighted by Crippen LogP contribution is 2.31. The van der Waals surface area contributed by atoms with E-state index in [2.05, 4.69) is 20.9 Å². The Balaban J connectivity index is 1.15. The molecule has 168 valence electrons. The van der Waals surface area contributed by atoms with Gasteiger partial charge in [0.15, 0.2) is 5.17 Å². The van der Waals surface area contributed by atoms with Crippen LogP contribution in [0.4, 0.5) is 10.1 Å². The Morgan fingerprint density at radius 1 is 1.19 bits per heavy atom. The SMILES string of the molecule is O=C1NN=C(SCC(=O)N2CCN(c3ccc(F)cc3)CC2)N2NC(c3ccco3)CC12. The Bertz CT molecular complexity index is 1010. The number of piperazine rings is 1. The molecule has 4 heterocycles. The van der Waals surface area contributed by atoms with Crippen molar-refractivity contribution in [1.82, 2.24) is 20.8 Å². The zero-order chi connectivity index (χ0) is 22.1. The molecule has 1 aromatic heterocycles. The number of thioether (sulfide) groups is 1. The summed E-state index contributed by atoms with van der Waals surface area (Å²) < 4.78 is 18.6. The summed E-state index contributed by atoms with van der Waals surface area (Å²) in [5, 5.41) is 6.44. The van der Waals surface area contributed by atoms with E-state index in [4.69, 9.17) is 4.42 Å². The first-order valence-corrected chi connectivity index (χ1v) is 11.4. The fourth-order valence-electron chi connectivity index (χ4n) is 4.14. The van der Waals surface area contributed by atoms with Crippen LogP contribution in [0.2, 0.25) is 0 Å². The van der Waals surface area contributed by atoms with Gasteiger partial charge in [-0.15, -0.1) is 5.10 Å². The van der Waals surface area contributed by atoms with Crippen molar-refractivity contribution in [3.05, 3.63) is 54.2 Å². The number of furan rings is 1. The molecule has 2 aromatic rings. The molecule has 0 bridgehead atoms. The van der Waals surface area contributed by atoms with E-state index in [1.165, 1.54) is 23.9 Å². The van der Waals surface area contributed by atoms with E-state index in [-0.39, 0.29) is 29.4 Å². The molecular formula is C21H23FN6O3S. The van der Waals surface area contributed by atoms with Crippen molar-refractivity contribution in [1.29, 1.82) is 0 Å². The van der Waals surface area contributed by atoms with Crippen molar-refractivity contribution in [3.8, 4) is 0 Å². The zero-order valence-corrected chi connectivity index (χ0v) is 18.1. The topological polar surface area (TPSA) is 93.4 Å². The number of anilines is 1. The van der Waals surface area contributed by atoms with Gasteiger partial charge < -0.3 is 14.2 Å². The summed E-state index contributed by atoms with van der Waals surface area (Å²) in [6.45, 7) is 2.59. The fraction of sp³-hybridized carbons (Fsp3) is 0.381. The molecule has 0 aliphatic carbocycles. The number of halogens is 1. The number of nitrogens with one attached hydrogen (secondary N) is 2. The number of hydrogen-bond acceptors (Lipinski definition) is 8. The van der Waals surface area contributed by atoms with Crippen molar-refractivity contribution >= 4 is 34.4 Å². The Morgan fingerprint density at radius 3 is 2.69 bits per heavy atom. The Labute approximate surface area is 188 Å². The quantitative estimate of drug-likeness (QED) is 0.718. The highest BCUT2D eigenvalue weighted by atomic mass is 32.2. The van der Waals surface area contributed by atoms with E-state index in [9.17, 15) is 14.0 Å². The first-order valence-electron chi connectivity index (χ1n) is 10.5. The number of hydrazone groups is 1. The third-order valence-electron chi connectivity index (χ3n) is 5.87. The van der Waals surface area contributed by atoms with Gasteiger partial charge in [0.05, 0.1) is 18.1 Å². The minimum atomic E-state index is -0.403. The van der Waals surface area contributed by atoms with Crippen LogP contribution in [0, 0.1) is 5.82 Å². The first-order chi connectivity index (χ1) is 15.6. The number of carbonyl (C=O) groups is 2. The molecule has 9 nitrogen and oxygen atoms in total. The average Bonchev–Trinajstić information content (AvgIpc) is 3.50. The second-order valence-electron chi connectivity index (χ2n) is 7.82. The highest BCUT2D eigenvalue weighted by Gasteiger charge is 2.43. The lowest BCUT2D eigenvalue weighted by molar-refractivity contribution is -0.128. The number of amides is 2. The summed E-state index contributed by atoms with van der Waals surface area (Å²) in [5.41, 5.74) is 6.79. The lowest BCUT2D eigenvalue weighted by Crippen LogP contribution is -2.53. The molecule has 0 radical (unpaired) electrons. The predicted octanol–water partition coefficient (Wildman–Crippen LogP) is 1.52. The van der Waals surface area contributed by atoms with Gasteiger partial charge in [0.2, 0.25) is 5.91 Å². The summed E-state index contributed by atoms with van der Waals surface area (Å²) in [7, 11) is 0. The van der Waals surface area contributed by atoms with Crippen molar-refractivity contribution in [2.45, 2.75) is 18.5 Å². The summed E-state index contributed by atoms with van der Waals surface area (Å²) in [4.78, 5) is 29.0. The largest absolute Gasteiger partial charge is 0.468 e. The van der Waals surface area contributed by atoms with Gasteiger partial charge in [0.25, 0.3) is 5.91 Å². The Morgan fingerprint density at radius 2 is 1.97 bits per heavy atom. The van der Waals surface area contributed by atoms with Crippen LogP contribution in [0.1, 0.15) is 18.2 Å². The zero-order valence-electron chi connectivity index (χ0n) is 17.2. The maximum absolute atomic E-state index is 13.1. The molecular weight excluding hydrogens is 435 g/mol. The van der Waals surface area contributed by atoms with Crippen molar-refractivity contribution in [2.24, 2.45) is 5.10 Å². The lowest BCUT2D eigenvalue weighted by Gasteiger charge is -2.36. The summed E-state index contributed by atoms with van der Waals surface area (Å²) in [6.07, 6.45) is 2.16. The van der Waals surface area contributed by atoms with Crippen molar-refractivity contribution in [3.63, 3.8) is 0 Å². The number of amidine groups is 1. The Kier molecular flexibility index (Phi) is 5.75. The maximum Gasteiger partial charge on any atom is 0.264 e. The van der Waals surface area contributed by atoms with Gasteiger partial charge in [-0.25, -0.2) is 15.2 Å². The van der Waals surface area contributed by atoms with Crippen LogP contribution >= 0.6 is 11.8 Å². The third kappa shape index (κ3) is 4.17. The van der Waals surface area contributed by atoms with Gasteiger partial charge in [-0.2, -0.15) is 0 Å². The monoisotopic (exact) mass is 458 g/mol. The van der Waals surface area contributed by atoms with E-state index in [0.29, 0.717) is 37.8 Å². The molecule has 5 rings (SSSR count). The van der Waals surface area contributed by atoms with Gasteiger partial charge in [0.1, 0.15) is 17.6 Å². The number of hydrazine groups is 1. The number of benzene rings is 1. The molecule has 2 N–H and O–H groups in total. The normalized spacial score (nSPS) is 23.1. The predicted molar refractivity (Wildman–Crippen MR) is 118 cm³/mol. The molecule has 11 heteroatoms. The molecule has 2 amide bonds. The van der Waals surface area contributed by atoms with Crippen LogP contribution in [0.25, 0.3) is 0 Å². The van der Waals surface area contributed by atoms with Gasteiger partial charge in [0, 0.05) is 38.3 Å². The van der Waals surface area contributed by atoms with Crippen molar-refractivity contribution in [2.75, 3.05) is 36.8 Å². The number of hydrogen-bond donors (Lipinski definition) is 2. The van der Waals surface area contributed by atoms with Crippen LogP contribution in [-0.2, 0) is 9.59 Å². The summed E-state index contributed by atoms with van der Waals surface area (Å²) in [5.74, 6) is 0.561. The standard InChI is InChI=1S/C21H23FN6O3S/c22-14-3-5-15(6-4-14)26-7-9-27(10-8-26)19(29)13-32-21-24-23-20(30)17-12-16(25-28(17)21)18-2-1-11-31-18/h1-6,11,16-17,25H,7-10,12-13H2,(H,23,30). The van der Waals surface area contributed by atoms with Gasteiger partial charge >= 0.3 is 0 Å². The van der Waals surface area contributed by atoms with Crippen LogP contribution in [-0.4, -0.2) is 64.9 Å². The fourth-order valence-corrected chi connectivity index (χ4v) is 5.00. The molecule has 2 saturated heterocycles. The third-order valence-corrected chi connectivity index (χ3v) is 6.81. The number of rotatable bonds is 4. The van der Waals surface area contributed by atoms with E-state index >= 15 is 0 Å². The first kappa shape index (κ1) is 20.8. The minimum Gasteiger partial charge on any atom is -0.468 e. The van der Waals surface area contributed by atoms with E-state index < -0.39 is 6.04 Å². The van der Waals surface area contributed by atoms with Crippen molar-refractivity contribution < 1.29 is 18.4 Å². The molecule has 2 atom stereocenters. The molecule has 2 fully saturated rings. The van der Waals surface area contributed by atoms with E-state index in [1.807, 2.05) is 17.0 Å². The van der Waals surface area contributed by atoms with Crippen LogP contribution in [0.3, 0.4) is 0 Å². The van der Waals surface area contributed by atoms with Gasteiger partial charge in [-0.05, 0) is 36.4 Å².